The van der Waals surface area contributed by atoms with Gasteiger partial charge in [0, 0.05) is 11.1 Å². The average Bonchev–Trinajstić information content (AvgIpc) is 3.27. The van der Waals surface area contributed by atoms with E-state index in [0.29, 0.717) is 33.9 Å². The lowest BCUT2D eigenvalue weighted by molar-refractivity contribution is 0.359. The van der Waals surface area contributed by atoms with Crippen LogP contribution in [0.3, 0.4) is 0 Å². The normalized spacial score (nSPS) is 22.7. The third-order valence-corrected chi connectivity index (χ3v) is 6.73. The molecule has 186 valence electrons. The molecule has 1 aliphatic carbocycles. The molecule has 3 aromatic rings. The first-order chi connectivity index (χ1) is 17.6. The van der Waals surface area contributed by atoms with Gasteiger partial charge in [0.25, 0.3) is 5.56 Å². The first-order valence-electron chi connectivity index (χ1n) is 10.9. The van der Waals surface area contributed by atoms with Crippen molar-refractivity contribution < 1.29 is 9.15 Å². The van der Waals surface area contributed by atoms with E-state index in [0.717, 1.165) is 4.68 Å². The Balaban J connectivity index is 1.73. The molecule has 1 aliphatic heterocycles. The number of dihydropyridines is 1. The quantitative estimate of drug-likeness (QED) is 0.381. The number of anilines is 1. The van der Waals surface area contributed by atoms with E-state index in [-0.39, 0.29) is 11.5 Å². The topological polar surface area (TPSA) is 152 Å². The second-order valence-corrected chi connectivity index (χ2v) is 9.53. The zero-order valence-corrected chi connectivity index (χ0v) is 21.0. The number of aliphatic imine (C=N–C) groups is 1. The molecule has 37 heavy (non-hydrogen) atoms. The average molecular weight is 537 g/mol. The lowest BCUT2D eigenvalue weighted by Gasteiger charge is -2.35. The van der Waals surface area contributed by atoms with E-state index < -0.39 is 27.1 Å². The van der Waals surface area contributed by atoms with Crippen molar-refractivity contribution in [1.29, 1.82) is 5.26 Å². The van der Waals surface area contributed by atoms with Gasteiger partial charge < -0.3 is 14.9 Å². The second kappa shape index (κ2) is 8.65. The Hall–Kier alpha value is -4.33. The Morgan fingerprint density at radius 3 is 2.65 bits per heavy atom. The molecule has 0 saturated heterocycles. The van der Waals surface area contributed by atoms with Gasteiger partial charge in [0.2, 0.25) is 16.6 Å². The maximum atomic E-state index is 12.5. The Kier molecular flexibility index (Phi) is 5.70. The number of rotatable bonds is 4. The number of H-pyrrole nitrogens is 1. The zero-order valence-electron chi connectivity index (χ0n) is 19.5. The number of para-hydroxylation sites is 1. The fourth-order valence-electron chi connectivity index (χ4n) is 4.15. The van der Waals surface area contributed by atoms with Crippen molar-refractivity contribution in [3.05, 3.63) is 109 Å². The van der Waals surface area contributed by atoms with Gasteiger partial charge in [-0.25, -0.2) is 9.79 Å². The third kappa shape index (κ3) is 3.98. The highest BCUT2D eigenvalue weighted by Gasteiger charge is 2.46. The molecular weight excluding hydrogens is 519 g/mol. The summed E-state index contributed by atoms with van der Waals surface area (Å²) in [6.07, 6.45) is 4.56. The summed E-state index contributed by atoms with van der Waals surface area (Å²) >= 11 is 14.0. The molecule has 0 amide bonds. The Labute approximate surface area is 219 Å². The van der Waals surface area contributed by atoms with Gasteiger partial charge in [-0.15, -0.1) is 5.10 Å². The van der Waals surface area contributed by atoms with Crippen LogP contribution >= 0.6 is 23.2 Å². The minimum absolute atomic E-state index is 0.00260. The van der Waals surface area contributed by atoms with Gasteiger partial charge in [-0.2, -0.15) is 9.94 Å². The SMILES string of the molecule is CC1=C(Oc2ccccc2)C(Cl)(c2cc(C)oc2C#N)N=C2C=CC(Cl)(n3nc(N)c(=O)[nH]c3=O)C=C21. The molecule has 0 fully saturated rings. The number of hydrogen-bond acceptors (Lipinski definition) is 8. The van der Waals surface area contributed by atoms with Crippen molar-refractivity contribution in [2.75, 3.05) is 5.73 Å². The van der Waals surface area contributed by atoms with Crippen molar-refractivity contribution in [3.63, 3.8) is 0 Å². The molecule has 0 spiro atoms. The van der Waals surface area contributed by atoms with Gasteiger partial charge in [-0.1, -0.05) is 41.4 Å². The monoisotopic (exact) mass is 536 g/mol. The lowest BCUT2D eigenvalue weighted by Crippen LogP contribution is -2.43. The van der Waals surface area contributed by atoms with Crippen LogP contribution in [-0.2, 0) is 10.00 Å². The number of aryl methyl sites for hydroxylation is 1. The summed E-state index contributed by atoms with van der Waals surface area (Å²) in [6, 6.07) is 12.6. The van der Waals surface area contributed by atoms with E-state index in [1.807, 2.05) is 12.1 Å². The Morgan fingerprint density at radius 2 is 1.95 bits per heavy atom. The number of allylic oxidation sites excluding steroid dienone is 5. The molecule has 0 radical (unpaired) electrons. The molecule has 0 saturated carbocycles. The summed E-state index contributed by atoms with van der Waals surface area (Å²) < 4.78 is 12.7. The van der Waals surface area contributed by atoms with E-state index in [9.17, 15) is 14.9 Å². The molecule has 2 aromatic heterocycles. The Morgan fingerprint density at radius 1 is 1.22 bits per heavy atom. The Bertz CT molecular complexity index is 1720. The predicted octanol–water partition coefficient (Wildman–Crippen LogP) is 3.57. The highest BCUT2D eigenvalue weighted by molar-refractivity contribution is 6.30. The van der Waals surface area contributed by atoms with Crippen LogP contribution < -0.4 is 21.7 Å². The van der Waals surface area contributed by atoms with Crippen molar-refractivity contribution in [3.8, 4) is 11.8 Å². The summed E-state index contributed by atoms with van der Waals surface area (Å²) in [5.74, 6) is 0.744. The van der Waals surface area contributed by atoms with Crippen LogP contribution in [0.4, 0.5) is 5.82 Å². The van der Waals surface area contributed by atoms with Crippen LogP contribution in [0.25, 0.3) is 0 Å². The molecule has 2 aliphatic rings. The van der Waals surface area contributed by atoms with Crippen LogP contribution in [0.15, 0.2) is 90.5 Å². The van der Waals surface area contributed by atoms with Crippen LogP contribution in [0.2, 0.25) is 0 Å². The highest BCUT2D eigenvalue weighted by atomic mass is 35.5. The minimum atomic E-state index is -1.65. The van der Waals surface area contributed by atoms with Gasteiger partial charge in [0.1, 0.15) is 17.6 Å². The molecule has 3 heterocycles. The smallest absolute Gasteiger partial charge is 0.347 e. The molecular formula is C25H18Cl2N6O4. The van der Waals surface area contributed by atoms with Gasteiger partial charge in [0.05, 0.1) is 11.3 Å². The van der Waals surface area contributed by atoms with Crippen molar-refractivity contribution in [2.24, 2.45) is 4.99 Å². The third-order valence-electron chi connectivity index (χ3n) is 5.87. The number of nitriles is 1. The molecule has 2 unspecified atom stereocenters. The number of nitrogens with zero attached hydrogens (tertiary/aromatic N) is 4. The number of hydrogen-bond donors (Lipinski definition) is 2. The first-order valence-corrected chi connectivity index (χ1v) is 11.7. The highest BCUT2D eigenvalue weighted by Crippen LogP contribution is 2.49. The number of nitrogen functional groups attached to an aromatic ring is 1. The fraction of sp³-hybridized carbons (Fsp3) is 0.160. The van der Waals surface area contributed by atoms with Crippen molar-refractivity contribution in [2.45, 2.75) is 23.8 Å². The molecule has 10 nitrogen and oxygen atoms in total. The summed E-state index contributed by atoms with van der Waals surface area (Å²) in [7, 11) is 0. The van der Waals surface area contributed by atoms with Gasteiger partial charge >= 0.3 is 5.69 Å². The number of nitrogens with two attached hydrogens (primary N) is 1. The molecule has 5 rings (SSSR count). The number of ether oxygens (including phenoxy) is 1. The van der Waals surface area contributed by atoms with E-state index in [1.54, 1.807) is 50.3 Å². The minimum Gasteiger partial charge on any atom is -0.457 e. The molecule has 3 N–H and O–H groups in total. The fourth-order valence-corrected chi connectivity index (χ4v) is 4.85. The largest absolute Gasteiger partial charge is 0.457 e. The molecule has 0 bridgehead atoms. The summed E-state index contributed by atoms with van der Waals surface area (Å²) in [6.45, 7) is 3.45. The summed E-state index contributed by atoms with van der Waals surface area (Å²) in [5, 5.41) is 13.6. The van der Waals surface area contributed by atoms with E-state index in [4.69, 9.17) is 43.1 Å². The van der Waals surface area contributed by atoms with Crippen molar-refractivity contribution in [1.82, 2.24) is 14.8 Å². The number of aromatic nitrogens is 3. The van der Waals surface area contributed by atoms with Gasteiger partial charge in [-0.3, -0.25) is 9.78 Å². The second-order valence-electron chi connectivity index (χ2n) is 8.38. The van der Waals surface area contributed by atoms with Crippen molar-refractivity contribution >= 4 is 34.7 Å². The number of fused-ring (bicyclic) bond motifs is 1. The van der Waals surface area contributed by atoms with E-state index in [1.165, 1.54) is 12.2 Å². The number of halogens is 2. The predicted molar refractivity (Wildman–Crippen MR) is 137 cm³/mol. The van der Waals surface area contributed by atoms with Gasteiger partial charge in [0.15, 0.2) is 10.8 Å². The summed E-state index contributed by atoms with van der Waals surface area (Å²) in [4.78, 5) is 27.8. The number of furan rings is 1. The first kappa shape index (κ1) is 24.4. The molecule has 2 atom stereocenters. The summed E-state index contributed by atoms with van der Waals surface area (Å²) in [5.41, 5.74) is 5.71. The molecule has 12 heteroatoms. The van der Waals surface area contributed by atoms with E-state index in [2.05, 4.69) is 10.1 Å². The van der Waals surface area contributed by atoms with Crippen LogP contribution in [0.1, 0.15) is 24.0 Å². The van der Waals surface area contributed by atoms with Gasteiger partial charge in [-0.05, 0) is 50.3 Å². The van der Waals surface area contributed by atoms with Crippen LogP contribution in [-0.4, -0.2) is 20.5 Å². The number of benzene rings is 1. The standard InChI is InChI=1S/C25H18Cl2N6O4/c1-13-10-17(19(12-28)36-13)25(27)20(37-15-6-4-3-5-7-15)14(2)16-11-24(26,9-8-18(16)31-25)33-23(35)30-22(34)21(29)32-33/h3-11H,1-2H3,(H2,29,32)(H,30,34,35). The maximum Gasteiger partial charge on any atom is 0.347 e. The number of aromatic amines is 1. The van der Waals surface area contributed by atoms with Crippen LogP contribution in [0, 0.1) is 18.3 Å². The van der Waals surface area contributed by atoms with E-state index >= 15 is 0 Å². The maximum absolute atomic E-state index is 12.5. The number of alkyl halides is 2. The molecule has 1 aromatic carbocycles. The number of nitrogens with one attached hydrogen (secondary N) is 1. The van der Waals surface area contributed by atoms with Crippen LogP contribution in [0.5, 0.6) is 5.75 Å². The lowest BCUT2D eigenvalue weighted by atomic mass is 9.87. The zero-order chi connectivity index (χ0) is 26.5.